The average molecular weight is 332 g/mol. The summed E-state index contributed by atoms with van der Waals surface area (Å²) in [6.45, 7) is 2.69. The van der Waals surface area contributed by atoms with Crippen LogP contribution in [0.15, 0.2) is 18.3 Å². The van der Waals surface area contributed by atoms with Crippen LogP contribution in [0.5, 0.6) is 0 Å². The number of primary amides is 1. The molecule has 0 bridgehead atoms. The fraction of sp³-hybridized carbons (Fsp3) is 0.250. The monoisotopic (exact) mass is 332 g/mol. The van der Waals surface area contributed by atoms with Gasteiger partial charge in [-0.1, -0.05) is 0 Å². The molecule has 1 unspecified atom stereocenters. The maximum absolute atomic E-state index is 14.6. The number of pyridine rings is 2. The van der Waals surface area contributed by atoms with Crippen molar-refractivity contribution in [2.75, 3.05) is 11.4 Å². The molecule has 0 saturated carbocycles. The van der Waals surface area contributed by atoms with E-state index < -0.39 is 36.0 Å². The van der Waals surface area contributed by atoms with Gasteiger partial charge in [-0.2, -0.15) is 4.39 Å². The van der Waals surface area contributed by atoms with E-state index in [-0.39, 0.29) is 22.5 Å². The van der Waals surface area contributed by atoms with Crippen LogP contribution in [0.4, 0.5) is 14.5 Å². The second-order valence-electron chi connectivity index (χ2n) is 5.65. The minimum absolute atomic E-state index is 0.0680. The Labute approximate surface area is 136 Å². The number of hydrogen-bond donors (Lipinski definition) is 1. The van der Waals surface area contributed by atoms with Crippen LogP contribution in [0.3, 0.4) is 0 Å². The lowest BCUT2D eigenvalue weighted by Crippen LogP contribution is -2.40. The first kappa shape index (κ1) is 16.0. The molecular weight excluding hydrogens is 318 g/mol. The van der Waals surface area contributed by atoms with Crippen molar-refractivity contribution < 1.29 is 18.4 Å². The summed E-state index contributed by atoms with van der Waals surface area (Å²) in [5.41, 5.74) is 5.96. The van der Waals surface area contributed by atoms with E-state index in [1.807, 2.05) is 0 Å². The predicted molar refractivity (Wildman–Crippen MR) is 82.1 cm³/mol. The second kappa shape index (κ2) is 5.63. The Morgan fingerprint density at radius 3 is 2.75 bits per heavy atom. The zero-order valence-electron chi connectivity index (χ0n) is 13.0. The molecule has 3 heterocycles. The summed E-state index contributed by atoms with van der Waals surface area (Å²) in [6, 6.07) is 2.57. The van der Waals surface area contributed by atoms with Crippen molar-refractivity contribution in [3.63, 3.8) is 0 Å². The summed E-state index contributed by atoms with van der Waals surface area (Å²) in [5, 5.41) is 0. The van der Waals surface area contributed by atoms with E-state index in [9.17, 15) is 18.4 Å². The first-order valence-corrected chi connectivity index (χ1v) is 7.22. The smallest absolute Gasteiger partial charge is 0.237 e. The molecule has 0 radical (unpaired) electrons. The van der Waals surface area contributed by atoms with Crippen LogP contribution in [0.25, 0.3) is 11.1 Å². The number of nitrogens with two attached hydrogens (primary N) is 1. The summed E-state index contributed by atoms with van der Waals surface area (Å²) < 4.78 is 28.3. The highest BCUT2D eigenvalue weighted by Crippen LogP contribution is 2.41. The molecule has 0 fully saturated rings. The summed E-state index contributed by atoms with van der Waals surface area (Å²) >= 11 is 0. The third-order valence-electron chi connectivity index (χ3n) is 3.89. The van der Waals surface area contributed by atoms with Crippen LogP contribution < -0.4 is 10.6 Å². The first-order chi connectivity index (χ1) is 11.3. The molecule has 1 aliphatic rings. The summed E-state index contributed by atoms with van der Waals surface area (Å²) in [6.07, 6.45) is 0.964. The lowest BCUT2D eigenvalue weighted by molar-refractivity contribution is -0.123. The van der Waals surface area contributed by atoms with Gasteiger partial charge in [0.25, 0.3) is 0 Å². The zero-order valence-corrected chi connectivity index (χ0v) is 13.0. The van der Waals surface area contributed by atoms with E-state index >= 15 is 0 Å². The van der Waals surface area contributed by atoms with Gasteiger partial charge in [-0.25, -0.2) is 9.37 Å². The Morgan fingerprint density at radius 1 is 1.38 bits per heavy atom. The van der Waals surface area contributed by atoms with Crippen molar-refractivity contribution in [1.82, 2.24) is 9.97 Å². The third kappa shape index (κ3) is 2.49. The maximum Gasteiger partial charge on any atom is 0.237 e. The Balaban J connectivity index is 2.38. The van der Waals surface area contributed by atoms with Crippen LogP contribution in [0.1, 0.15) is 24.2 Å². The lowest BCUT2D eigenvalue weighted by Gasteiger charge is -2.23. The quantitative estimate of drug-likeness (QED) is 0.847. The maximum atomic E-state index is 14.6. The molecule has 0 spiro atoms. The van der Waals surface area contributed by atoms with Gasteiger partial charge in [-0.15, -0.1) is 0 Å². The second-order valence-corrected chi connectivity index (χ2v) is 5.65. The van der Waals surface area contributed by atoms with E-state index in [2.05, 4.69) is 9.97 Å². The molecular formula is C16H14F2N4O2. The van der Waals surface area contributed by atoms with Crippen molar-refractivity contribution in [1.29, 1.82) is 0 Å². The fourth-order valence-electron chi connectivity index (χ4n) is 2.86. The summed E-state index contributed by atoms with van der Waals surface area (Å²) in [4.78, 5) is 32.9. The van der Waals surface area contributed by atoms with Crippen LogP contribution in [0.2, 0.25) is 0 Å². The molecule has 2 N–H and O–H groups in total. The SMILES string of the molecule is Cc1cc2c(c(F)n1)-c1cc(F)cnc1C(C)C(=O)N2CC(N)=O. The van der Waals surface area contributed by atoms with Gasteiger partial charge in [0.2, 0.25) is 17.8 Å². The topological polar surface area (TPSA) is 89.2 Å². The summed E-state index contributed by atoms with van der Waals surface area (Å²) in [5.74, 6) is -3.55. The molecule has 2 amide bonds. The molecule has 0 aromatic carbocycles. The van der Waals surface area contributed by atoms with Crippen molar-refractivity contribution in [2.45, 2.75) is 19.8 Å². The van der Waals surface area contributed by atoms with Crippen LogP contribution in [-0.4, -0.2) is 28.3 Å². The zero-order chi connectivity index (χ0) is 17.6. The van der Waals surface area contributed by atoms with Gasteiger partial charge in [-0.3, -0.25) is 14.6 Å². The first-order valence-electron chi connectivity index (χ1n) is 7.22. The molecule has 2 aromatic rings. The molecule has 2 aromatic heterocycles. The number of aromatic nitrogens is 2. The van der Waals surface area contributed by atoms with Crippen LogP contribution in [-0.2, 0) is 9.59 Å². The molecule has 6 nitrogen and oxygen atoms in total. The third-order valence-corrected chi connectivity index (χ3v) is 3.89. The van der Waals surface area contributed by atoms with Crippen LogP contribution >= 0.6 is 0 Å². The number of nitrogens with zero attached hydrogens (tertiary/aromatic N) is 3. The number of carbonyl (C=O) groups excluding carboxylic acids is 2. The Hall–Kier alpha value is -2.90. The van der Waals surface area contributed by atoms with Gasteiger partial charge in [0, 0.05) is 11.3 Å². The van der Waals surface area contributed by atoms with E-state index in [4.69, 9.17) is 5.73 Å². The Kier molecular flexibility index (Phi) is 3.75. The summed E-state index contributed by atoms with van der Waals surface area (Å²) in [7, 11) is 0. The molecule has 1 atom stereocenters. The number of anilines is 1. The number of hydrogen-bond acceptors (Lipinski definition) is 4. The number of halogens is 2. The van der Waals surface area contributed by atoms with E-state index in [1.165, 1.54) is 6.07 Å². The molecule has 0 saturated heterocycles. The fourth-order valence-corrected chi connectivity index (χ4v) is 2.86. The highest BCUT2D eigenvalue weighted by atomic mass is 19.1. The van der Waals surface area contributed by atoms with E-state index in [1.54, 1.807) is 13.8 Å². The normalized spacial score (nSPS) is 16.4. The van der Waals surface area contributed by atoms with E-state index in [0.717, 1.165) is 17.2 Å². The van der Waals surface area contributed by atoms with Gasteiger partial charge in [0.1, 0.15) is 12.4 Å². The largest absolute Gasteiger partial charge is 0.368 e. The minimum atomic E-state index is -0.866. The lowest BCUT2D eigenvalue weighted by atomic mass is 9.98. The van der Waals surface area contributed by atoms with Gasteiger partial charge in [0.05, 0.1) is 29.1 Å². The van der Waals surface area contributed by atoms with Crippen molar-refractivity contribution in [3.8, 4) is 11.1 Å². The predicted octanol–water partition coefficient (Wildman–Crippen LogP) is 1.67. The molecule has 24 heavy (non-hydrogen) atoms. The van der Waals surface area contributed by atoms with Gasteiger partial charge in [0.15, 0.2) is 0 Å². The van der Waals surface area contributed by atoms with Gasteiger partial charge < -0.3 is 10.6 Å². The number of carbonyl (C=O) groups is 2. The number of rotatable bonds is 2. The number of aryl methyl sites for hydroxylation is 1. The highest BCUT2D eigenvalue weighted by Gasteiger charge is 2.35. The average Bonchev–Trinajstić information content (AvgIpc) is 2.57. The molecule has 0 aliphatic carbocycles. The number of fused-ring (bicyclic) bond motifs is 3. The van der Waals surface area contributed by atoms with E-state index in [0.29, 0.717) is 5.69 Å². The van der Waals surface area contributed by atoms with Gasteiger partial charge in [-0.05, 0) is 26.0 Å². The van der Waals surface area contributed by atoms with Crippen molar-refractivity contribution in [2.24, 2.45) is 5.73 Å². The standard InChI is InChI=1S/C16H14F2N4O2/c1-7-3-11-13(15(18)21-7)10-4-9(17)5-20-14(10)8(2)16(24)22(11)6-12(19)23/h3-5,8H,6H2,1-2H3,(H2,19,23). The van der Waals surface area contributed by atoms with Gasteiger partial charge >= 0.3 is 0 Å². The van der Waals surface area contributed by atoms with Crippen LogP contribution in [0, 0.1) is 18.7 Å². The number of amides is 2. The molecule has 124 valence electrons. The molecule has 8 heteroatoms. The minimum Gasteiger partial charge on any atom is -0.368 e. The Bertz CT molecular complexity index is 869. The molecule has 3 rings (SSSR count). The Morgan fingerprint density at radius 2 is 2.08 bits per heavy atom. The highest BCUT2D eigenvalue weighted by molar-refractivity contribution is 6.07. The van der Waals surface area contributed by atoms with Crippen molar-refractivity contribution >= 4 is 17.5 Å². The van der Waals surface area contributed by atoms with Crippen molar-refractivity contribution in [3.05, 3.63) is 41.5 Å². The molecule has 1 aliphatic heterocycles.